The first-order valence-electron chi connectivity index (χ1n) is 7.31. The van der Waals surface area contributed by atoms with Crippen molar-refractivity contribution >= 4 is 23.3 Å². The van der Waals surface area contributed by atoms with Crippen LogP contribution in [-0.4, -0.2) is 23.4 Å². The molecule has 138 valence electrons. The van der Waals surface area contributed by atoms with Gasteiger partial charge in [-0.05, 0) is 24.5 Å². The van der Waals surface area contributed by atoms with Gasteiger partial charge in [0.05, 0.1) is 10.5 Å². The van der Waals surface area contributed by atoms with Gasteiger partial charge in [-0.1, -0.05) is 13.8 Å². The number of hydrogen-bond donors (Lipinski definition) is 1. The van der Waals surface area contributed by atoms with Gasteiger partial charge >= 0.3 is 12.1 Å². The zero-order valence-electron chi connectivity index (χ0n) is 13.6. The lowest BCUT2D eigenvalue weighted by Gasteiger charge is -2.10. The molecule has 0 aliphatic rings. The third-order valence-corrected chi connectivity index (χ3v) is 3.09. The average molecular weight is 362 g/mol. The van der Waals surface area contributed by atoms with Crippen LogP contribution in [0.2, 0.25) is 0 Å². The second-order valence-electron chi connectivity index (χ2n) is 5.63. The number of amides is 1. The summed E-state index contributed by atoms with van der Waals surface area (Å²) in [5.41, 5.74) is -2.53. The number of halogens is 3. The van der Waals surface area contributed by atoms with Crippen molar-refractivity contribution in [2.24, 2.45) is 5.92 Å². The molecule has 10 heteroatoms. The predicted octanol–water partition coefficient (Wildman–Crippen LogP) is 3.53. The molecule has 25 heavy (non-hydrogen) atoms. The van der Waals surface area contributed by atoms with Crippen molar-refractivity contribution in [2.75, 3.05) is 11.9 Å². The molecule has 1 aromatic carbocycles. The maximum absolute atomic E-state index is 12.6. The largest absolute Gasteiger partial charge is 0.456 e. The van der Waals surface area contributed by atoms with E-state index in [1.54, 1.807) is 0 Å². The first-order chi connectivity index (χ1) is 11.5. The van der Waals surface area contributed by atoms with Crippen molar-refractivity contribution in [2.45, 2.75) is 32.9 Å². The highest BCUT2D eigenvalue weighted by Crippen LogP contribution is 2.34. The number of carbonyl (C=O) groups excluding carboxylic acids is 2. The van der Waals surface area contributed by atoms with E-state index >= 15 is 0 Å². The van der Waals surface area contributed by atoms with Crippen LogP contribution in [0.25, 0.3) is 0 Å². The fourth-order valence-electron chi connectivity index (χ4n) is 1.78. The van der Waals surface area contributed by atoms with Gasteiger partial charge in [0.15, 0.2) is 6.61 Å². The minimum atomic E-state index is -4.75. The Balaban J connectivity index is 2.74. The van der Waals surface area contributed by atoms with Crippen LogP contribution in [0.4, 0.5) is 24.5 Å². The van der Waals surface area contributed by atoms with Crippen molar-refractivity contribution in [3.8, 4) is 0 Å². The summed E-state index contributed by atoms with van der Waals surface area (Å²) in [6.45, 7) is 3.13. The number of ether oxygens (including phenoxy) is 1. The molecule has 0 atom stereocenters. The standard InChI is InChI=1S/C15H17F3N2O5/c1-9(2)3-6-14(22)25-8-13(21)19-11-5-4-10(15(16,17)18)7-12(11)20(23)24/h4-5,7,9H,3,6,8H2,1-2H3,(H,19,21). The molecular formula is C15H17F3N2O5. The number of hydrogen-bond acceptors (Lipinski definition) is 5. The zero-order valence-corrected chi connectivity index (χ0v) is 13.6. The van der Waals surface area contributed by atoms with E-state index < -0.39 is 46.5 Å². The lowest BCUT2D eigenvalue weighted by Crippen LogP contribution is -2.21. The Kier molecular flexibility index (Phi) is 6.89. The molecule has 1 rings (SSSR count). The molecule has 0 bridgehead atoms. The van der Waals surface area contributed by atoms with E-state index in [0.29, 0.717) is 18.6 Å². The summed E-state index contributed by atoms with van der Waals surface area (Å²) in [7, 11) is 0. The SMILES string of the molecule is CC(C)CCC(=O)OCC(=O)Nc1ccc(C(F)(F)F)cc1[N+](=O)[O-]. The minimum absolute atomic E-state index is 0.116. The summed E-state index contributed by atoms with van der Waals surface area (Å²) in [6.07, 6.45) is -4.06. The molecule has 0 heterocycles. The Labute approximate surface area is 141 Å². The summed E-state index contributed by atoms with van der Waals surface area (Å²) >= 11 is 0. The Bertz CT molecular complexity index is 659. The number of nitro groups is 1. The van der Waals surface area contributed by atoms with Gasteiger partial charge in [-0.2, -0.15) is 13.2 Å². The maximum atomic E-state index is 12.6. The minimum Gasteiger partial charge on any atom is -0.456 e. The van der Waals surface area contributed by atoms with E-state index in [-0.39, 0.29) is 12.3 Å². The molecule has 0 aromatic heterocycles. The monoisotopic (exact) mass is 362 g/mol. The summed E-state index contributed by atoms with van der Waals surface area (Å²) in [5.74, 6) is -1.22. The van der Waals surface area contributed by atoms with Crippen LogP contribution < -0.4 is 5.32 Å². The number of nitro benzene ring substituents is 1. The van der Waals surface area contributed by atoms with E-state index in [1.165, 1.54) is 0 Å². The Morgan fingerprint density at radius 2 is 1.96 bits per heavy atom. The summed E-state index contributed by atoms with van der Waals surface area (Å²) in [6, 6.07) is 1.71. The number of esters is 1. The van der Waals surface area contributed by atoms with Gasteiger partial charge in [-0.3, -0.25) is 19.7 Å². The van der Waals surface area contributed by atoms with Gasteiger partial charge in [0, 0.05) is 12.5 Å². The number of benzene rings is 1. The highest BCUT2D eigenvalue weighted by atomic mass is 19.4. The molecule has 7 nitrogen and oxygen atoms in total. The normalized spacial score (nSPS) is 11.3. The molecule has 0 saturated carbocycles. The molecule has 0 radical (unpaired) electrons. The van der Waals surface area contributed by atoms with Crippen LogP contribution in [-0.2, 0) is 20.5 Å². The predicted molar refractivity (Wildman–Crippen MR) is 81.8 cm³/mol. The summed E-state index contributed by atoms with van der Waals surface area (Å²) in [5, 5.41) is 13.0. The topological polar surface area (TPSA) is 98.5 Å². The van der Waals surface area contributed by atoms with E-state index in [4.69, 9.17) is 4.74 Å². The Morgan fingerprint density at radius 1 is 1.32 bits per heavy atom. The van der Waals surface area contributed by atoms with Crippen molar-refractivity contribution in [3.05, 3.63) is 33.9 Å². The second kappa shape index (κ2) is 8.45. The maximum Gasteiger partial charge on any atom is 0.416 e. The van der Waals surface area contributed by atoms with Crippen LogP contribution in [0, 0.1) is 16.0 Å². The van der Waals surface area contributed by atoms with Gasteiger partial charge in [-0.25, -0.2) is 0 Å². The molecule has 1 N–H and O–H groups in total. The summed E-state index contributed by atoms with van der Waals surface area (Å²) in [4.78, 5) is 32.9. The van der Waals surface area contributed by atoms with Crippen LogP contribution in [0.5, 0.6) is 0 Å². The molecule has 0 spiro atoms. The molecule has 0 fully saturated rings. The molecule has 0 unspecified atom stereocenters. The highest BCUT2D eigenvalue weighted by Gasteiger charge is 2.33. The van der Waals surface area contributed by atoms with Gasteiger partial charge in [0.2, 0.25) is 0 Å². The lowest BCUT2D eigenvalue weighted by atomic mass is 10.1. The molecule has 0 aliphatic carbocycles. The van der Waals surface area contributed by atoms with E-state index in [1.807, 2.05) is 13.8 Å². The van der Waals surface area contributed by atoms with E-state index in [2.05, 4.69) is 5.32 Å². The molecule has 0 saturated heterocycles. The zero-order chi connectivity index (χ0) is 19.2. The van der Waals surface area contributed by atoms with Crippen LogP contribution in [0.1, 0.15) is 32.3 Å². The number of nitrogens with one attached hydrogen (secondary N) is 1. The number of alkyl halides is 3. The quantitative estimate of drug-likeness (QED) is 0.454. The van der Waals surface area contributed by atoms with Crippen molar-refractivity contribution in [1.29, 1.82) is 0 Å². The van der Waals surface area contributed by atoms with E-state index in [0.717, 1.165) is 6.07 Å². The van der Waals surface area contributed by atoms with Crippen LogP contribution in [0.3, 0.4) is 0 Å². The van der Waals surface area contributed by atoms with Crippen molar-refractivity contribution in [3.63, 3.8) is 0 Å². The Morgan fingerprint density at radius 3 is 2.48 bits per heavy atom. The molecular weight excluding hydrogens is 345 g/mol. The number of anilines is 1. The first kappa shape index (κ1) is 20.4. The highest BCUT2D eigenvalue weighted by molar-refractivity contribution is 5.94. The third kappa shape index (κ3) is 6.77. The van der Waals surface area contributed by atoms with Gasteiger partial charge in [0.25, 0.3) is 11.6 Å². The molecule has 1 aromatic rings. The molecule has 1 amide bonds. The van der Waals surface area contributed by atoms with Crippen molar-refractivity contribution in [1.82, 2.24) is 0 Å². The fraction of sp³-hybridized carbons (Fsp3) is 0.467. The van der Waals surface area contributed by atoms with Gasteiger partial charge in [-0.15, -0.1) is 0 Å². The second-order valence-corrected chi connectivity index (χ2v) is 5.63. The van der Waals surface area contributed by atoms with Crippen molar-refractivity contribution < 1.29 is 32.4 Å². The molecule has 0 aliphatic heterocycles. The first-order valence-corrected chi connectivity index (χ1v) is 7.31. The van der Waals surface area contributed by atoms with E-state index in [9.17, 15) is 32.9 Å². The number of nitrogens with zero attached hydrogens (tertiary/aromatic N) is 1. The number of rotatable bonds is 7. The van der Waals surface area contributed by atoms with Gasteiger partial charge < -0.3 is 10.1 Å². The smallest absolute Gasteiger partial charge is 0.416 e. The van der Waals surface area contributed by atoms with Gasteiger partial charge in [0.1, 0.15) is 5.69 Å². The summed E-state index contributed by atoms with van der Waals surface area (Å²) < 4.78 is 42.5. The van der Waals surface area contributed by atoms with Crippen LogP contribution >= 0.6 is 0 Å². The van der Waals surface area contributed by atoms with Crippen LogP contribution in [0.15, 0.2) is 18.2 Å². The fourth-order valence-corrected chi connectivity index (χ4v) is 1.78. The third-order valence-electron chi connectivity index (χ3n) is 3.09. The lowest BCUT2D eigenvalue weighted by molar-refractivity contribution is -0.384. The number of carbonyl (C=O) groups is 2. The average Bonchev–Trinajstić information content (AvgIpc) is 2.49. The Hall–Kier alpha value is -2.65.